The molecule has 0 radical (unpaired) electrons. The fraction of sp³-hybridized carbons (Fsp3) is 0.367. The number of nitrogens with zero attached hydrogens (tertiary/aromatic N) is 3. The molecule has 3 aromatic rings. The normalized spacial score (nSPS) is 15.0. The molecule has 1 aromatic heterocycles. The summed E-state index contributed by atoms with van der Waals surface area (Å²) in [6, 6.07) is 11.7. The smallest absolute Gasteiger partial charge is 0.416 e. The van der Waals surface area contributed by atoms with E-state index in [1.807, 2.05) is 4.90 Å². The van der Waals surface area contributed by atoms with Crippen LogP contribution in [0.2, 0.25) is 0 Å². The Labute approximate surface area is 237 Å². The average Bonchev–Trinajstić information content (AvgIpc) is 3.38. The van der Waals surface area contributed by atoms with Gasteiger partial charge in [-0.15, -0.1) is 0 Å². The highest BCUT2D eigenvalue weighted by Gasteiger charge is 2.34. The lowest BCUT2D eigenvalue weighted by molar-refractivity contribution is -0.138. The minimum atomic E-state index is -4.56. The van der Waals surface area contributed by atoms with Crippen LogP contribution < -0.4 is 15.0 Å². The van der Waals surface area contributed by atoms with Gasteiger partial charge >= 0.3 is 12.2 Å². The number of carbonyl (C=O) groups excluding carboxylic acids is 2. The quantitative estimate of drug-likeness (QED) is 0.339. The van der Waals surface area contributed by atoms with Crippen molar-refractivity contribution in [3.05, 3.63) is 77.1 Å². The summed E-state index contributed by atoms with van der Waals surface area (Å²) in [5, 5.41) is 2.62. The monoisotopic (exact) mass is 570 g/mol. The molecule has 41 heavy (non-hydrogen) atoms. The summed E-state index contributed by atoms with van der Waals surface area (Å²) in [5.41, 5.74) is 1.22. The number of amides is 2. The van der Waals surface area contributed by atoms with E-state index in [1.165, 1.54) is 35.7 Å². The molecule has 0 saturated carbocycles. The van der Waals surface area contributed by atoms with Crippen molar-refractivity contribution >= 4 is 23.7 Å². The van der Waals surface area contributed by atoms with Crippen molar-refractivity contribution in [2.24, 2.45) is 0 Å². The maximum atomic E-state index is 13.9. The molecular formula is C30H33F3N4O4. The fourth-order valence-corrected chi connectivity index (χ4v) is 4.59. The molecule has 1 saturated heterocycles. The Balaban J connectivity index is 0.00000124. The summed E-state index contributed by atoms with van der Waals surface area (Å²) < 4.78 is 52.7. The number of aldehydes is 1. The first-order chi connectivity index (χ1) is 19.7. The number of morpholine rings is 1. The minimum Gasteiger partial charge on any atom is -0.457 e. The molecule has 1 fully saturated rings. The minimum absolute atomic E-state index is 0.0742. The molecule has 5 rings (SSSR count). The summed E-state index contributed by atoms with van der Waals surface area (Å²) in [4.78, 5) is 31.3. The average molecular weight is 571 g/mol. The van der Waals surface area contributed by atoms with Crippen LogP contribution in [0.25, 0.3) is 0 Å². The van der Waals surface area contributed by atoms with Gasteiger partial charge in [0.05, 0.1) is 18.8 Å². The second kappa shape index (κ2) is 13.6. The van der Waals surface area contributed by atoms with Crippen molar-refractivity contribution in [2.75, 3.05) is 43.1 Å². The number of carbonyl (C=O) groups is 2. The number of pyridine rings is 1. The van der Waals surface area contributed by atoms with Crippen LogP contribution in [0.3, 0.4) is 0 Å². The van der Waals surface area contributed by atoms with Gasteiger partial charge < -0.3 is 14.8 Å². The van der Waals surface area contributed by atoms with Crippen LogP contribution in [0.5, 0.6) is 11.5 Å². The van der Waals surface area contributed by atoms with Gasteiger partial charge in [-0.3, -0.25) is 19.6 Å². The number of nitrogens with one attached hydrogen (secondary N) is 1. The molecule has 8 nitrogen and oxygen atoms in total. The first-order valence-electron chi connectivity index (χ1n) is 13.5. The number of rotatable bonds is 6. The highest BCUT2D eigenvalue weighted by molar-refractivity contribution is 6.03. The van der Waals surface area contributed by atoms with E-state index in [0.29, 0.717) is 62.7 Å². The highest BCUT2D eigenvalue weighted by atomic mass is 19.4. The highest BCUT2D eigenvalue weighted by Crippen LogP contribution is 2.36. The van der Waals surface area contributed by atoms with Crippen molar-refractivity contribution < 1.29 is 32.2 Å². The number of ether oxygens (including phenoxy) is 2. The zero-order chi connectivity index (χ0) is 29.4. The molecule has 2 aliphatic rings. The third-order valence-electron chi connectivity index (χ3n) is 6.46. The van der Waals surface area contributed by atoms with Crippen LogP contribution in [0.15, 0.2) is 54.7 Å². The lowest BCUT2D eigenvalue weighted by Crippen LogP contribution is -2.36. The first-order valence-corrected chi connectivity index (χ1v) is 13.5. The number of halogens is 3. The standard InChI is InChI=1S/C27H25F3N4O4.C3H8/c28-27(29,30)24-15-20(2-1-19(24)16-33-9-11-37-12-10-33)32-26(36)34-8-6-18-13-22(3-4-25(18)34)38-23-5-7-31-21(14-23)17-35;1-3-2/h1-5,7,13-15,17H,6,8-12,16H2,(H,32,36);3H2,1-2H3. The second-order valence-corrected chi connectivity index (χ2v) is 9.72. The third-order valence-corrected chi connectivity index (χ3v) is 6.46. The van der Waals surface area contributed by atoms with Crippen molar-refractivity contribution in [2.45, 2.75) is 39.4 Å². The second-order valence-electron chi connectivity index (χ2n) is 9.72. The molecule has 0 aliphatic carbocycles. The molecule has 2 aromatic carbocycles. The van der Waals surface area contributed by atoms with E-state index < -0.39 is 17.8 Å². The summed E-state index contributed by atoms with van der Waals surface area (Å²) >= 11 is 0. The Bertz CT molecular complexity index is 1360. The molecule has 0 unspecified atom stereocenters. The Morgan fingerprint density at radius 2 is 1.78 bits per heavy atom. The van der Waals surface area contributed by atoms with Gasteiger partial charge in [0.1, 0.15) is 17.2 Å². The SMILES string of the molecule is CCC.O=Cc1cc(Oc2ccc3c(c2)CCN3C(=O)Nc2ccc(CN3CCOCC3)c(C(F)(F)F)c2)ccn1. The van der Waals surface area contributed by atoms with Gasteiger partial charge in [-0.25, -0.2) is 4.79 Å². The molecule has 0 atom stereocenters. The van der Waals surface area contributed by atoms with Crippen molar-refractivity contribution in [3.63, 3.8) is 0 Å². The molecule has 2 aliphatic heterocycles. The molecule has 0 spiro atoms. The van der Waals surface area contributed by atoms with Crippen molar-refractivity contribution in [3.8, 4) is 11.5 Å². The number of urea groups is 1. The van der Waals surface area contributed by atoms with Crippen LogP contribution in [-0.2, 0) is 23.9 Å². The first kappa shape index (κ1) is 30.0. The van der Waals surface area contributed by atoms with E-state index >= 15 is 0 Å². The number of anilines is 2. The van der Waals surface area contributed by atoms with Gasteiger partial charge in [-0.1, -0.05) is 26.3 Å². The predicted molar refractivity (Wildman–Crippen MR) is 150 cm³/mol. The molecule has 218 valence electrons. The van der Waals surface area contributed by atoms with Gasteiger partial charge in [0, 0.05) is 49.8 Å². The number of hydrogen-bond donors (Lipinski definition) is 1. The van der Waals surface area contributed by atoms with E-state index in [9.17, 15) is 22.8 Å². The zero-order valence-electron chi connectivity index (χ0n) is 23.0. The molecule has 11 heteroatoms. The van der Waals surface area contributed by atoms with Crippen LogP contribution in [0.4, 0.5) is 29.3 Å². The Morgan fingerprint density at radius 3 is 2.49 bits per heavy atom. The Kier molecular flexibility index (Phi) is 9.95. The van der Waals surface area contributed by atoms with Crippen molar-refractivity contribution in [1.82, 2.24) is 9.88 Å². The van der Waals surface area contributed by atoms with E-state index in [-0.39, 0.29) is 23.5 Å². The Morgan fingerprint density at radius 1 is 1.05 bits per heavy atom. The van der Waals surface area contributed by atoms with E-state index in [0.717, 1.165) is 11.6 Å². The molecule has 3 heterocycles. The predicted octanol–water partition coefficient (Wildman–Crippen LogP) is 6.55. The topological polar surface area (TPSA) is 84.0 Å². The zero-order valence-corrected chi connectivity index (χ0v) is 23.0. The number of aromatic nitrogens is 1. The molecule has 2 amide bonds. The molecule has 1 N–H and O–H groups in total. The van der Waals surface area contributed by atoms with E-state index in [2.05, 4.69) is 24.1 Å². The van der Waals surface area contributed by atoms with Gasteiger partial charge in [0.15, 0.2) is 6.29 Å². The van der Waals surface area contributed by atoms with Crippen LogP contribution >= 0.6 is 0 Å². The summed E-state index contributed by atoms with van der Waals surface area (Å²) in [5.74, 6) is 0.979. The molecule has 0 bridgehead atoms. The Hall–Kier alpha value is -3.96. The number of benzene rings is 2. The van der Waals surface area contributed by atoms with Crippen LogP contribution in [0.1, 0.15) is 47.4 Å². The van der Waals surface area contributed by atoms with Crippen LogP contribution in [-0.4, -0.2) is 55.0 Å². The van der Waals surface area contributed by atoms with E-state index in [4.69, 9.17) is 9.47 Å². The van der Waals surface area contributed by atoms with Crippen LogP contribution in [0, 0.1) is 0 Å². The number of fused-ring (bicyclic) bond motifs is 1. The lowest BCUT2D eigenvalue weighted by Gasteiger charge is -2.28. The summed E-state index contributed by atoms with van der Waals surface area (Å²) in [6.45, 7) is 6.90. The van der Waals surface area contributed by atoms with Gasteiger partial charge in [-0.2, -0.15) is 13.2 Å². The summed E-state index contributed by atoms with van der Waals surface area (Å²) in [6.07, 6.45) is -0.651. The lowest BCUT2D eigenvalue weighted by atomic mass is 10.0. The van der Waals surface area contributed by atoms with Crippen molar-refractivity contribution in [1.29, 1.82) is 0 Å². The van der Waals surface area contributed by atoms with E-state index in [1.54, 1.807) is 24.3 Å². The largest absolute Gasteiger partial charge is 0.457 e. The maximum absolute atomic E-state index is 13.9. The third kappa shape index (κ3) is 7.83. The maximum Gasteiger partial charge on any atom is 0.416 e. The van der Waals surface area contributed by atoms with Gasteiger partial charge in [0.2, 0.25) is 0 Å². The fourth-order valence-electron chi connectivity index (χ4n) is 4.59. The molecular weight excluding hydrogens is 537 g/mol. The van der Waals surface area contributed by atoms with Gasteiger partial charge in [0.25, 0.3) is 0 Å². The summed E-state index contributed by atoms with van der Waals surface area (Å²) in [7, 11) is 0. The number of alkyl halides is 3. The number of hydrogen-bond acceptors (Lipinski definition) is 6. The van der Waals surface area contributed by atoms with Gasteiger partial charge in [-0.05, 0) is 53.9 Å².